The first-order valence-corrected chi connectivity index (χ1v) is 5.97. The lowest BCUT2D eigenvalue weighted by Gasteiger charge is -2.01. The highest BCUT2D eigenvalue weighted by atomic mass is 127. The Kier molecular flexibility index (Phi) is 3.25. The van der Waals surface area contributed by atoms with E-state index in [1.807, 2.05) is 25.1 Å². The molecule has 0 saturated heterocycles. The van der Waals surface area contributed by atoms with E-state index in [-0.39, 0.29) is 5.88 Å². The van der Waals surface area contributed by atoms with Crippen molar-refractivity contribution in [2.45, 2.75) is 12.8 Å². The molecule has 2 rings (SSSR count). The molecule has 0 aliphatic carbocycles. The van der Waals surface area contributed by atoms with Gasteiger partial charge in [-0.25, -0.2) is 0 Å². The third-order valence-electron chi connectivity index (χ3n) is 2.00. The van der Waals surface area contributed by atoms with Crippen LogP contribution in [0.25, 0.3) is 11.5 Å². The summed E-state index contributed by atoms with van der Waals surface area (Å²) in [5, 5.41) is 7.78. The van der Waals surface area contributed by atoms with Gasteiger partial charge in [0, 0.05) is 3.57 Å². The van der Waals surface area contributed by atoms with Gasteiger partial charge >= 0.3 is 0 Å². The molecule has 0 amide bonds. The number of nitrogens with zero attached hydrogens (tertiary/aromatic N) is 2. The molecule has 0 N–H and O–H groups in total. The van der Waals surface area contributed by atoms with Gasteiger partial charge in [-0.2, -0.15) is 0 Å². The topological polar surface area (TPSA) is 38.9 Å². The SMILES string of the molecule is Cc1cccc(-c2nnc(CCl)o2)c1I. The van der Waals surface area contributed by atoms with Crippen molar-refractivity contribution >= 4 is 34.2 Å². The molecular formula is C10H8ClIN2O. The molecule has 0 atom stereocenters. The second-order valence-electron chi connectivity index (χ2n) is 3.07. The van der Waals surface area contributed by atoms with Crippen molar-refractivity contribution in [3.05, 3.63) is 33.2 Å². The van der Waals surface area contributed by atoms with Crippen LogP contribution in [-0.2, 0) is 5.88 Å². The summed E-state index contributed by atoms with van der Waals surface area (Å²) in [6, 6.07) is 5.97. The van der Waals surface area contributed by atoms with Crippen LogP contribution in [0.4, 0.5) is 0 Å². The van der Waals surface area contributed by atoms with E-state index in [0.29, 0.717) is 11.8 Å². The van der Waals surface area contributed by atoms with Crippen molar-refractivity contribution in [3.8, 4) is 11.5 Å². The molecule has 0 aliphatic rings. The van der Waals surface area contributed by atoms with Crippen LogP contribution < -0.4 is 0 Å². The summed E-state index contributed by atoms with van der Waals surface area (Å²) in [5.74, 6) is 1.22. The number of alkyl halides is 1. The average Bonchev–Trinajstić information content (AvgIpc) is 2.70. The predicted molar refractivity (Wildman–Crippen MR) is 66.7 cm³/mol. The normalized spacial score (nSPS) is 10.6. The maximum absolute atomic E-state index is 5.60. The van der Waals surface area contributed by atoms with Crippen molar-refractivity contribution in [2.75, 3.05) is 0 Å². The van der Waals surface area contributed by atoms with E-state index in [9.17, 15) is 0 Å². The van der Waals surface area contributed by atoms with Crippen molar-refractivity contribution in [3.63, 3.8) is 0 Å². The number of hydrogen-bond acceptors (Lipinski definition) is 3. The molecule has 1 aromatic heterocycles. The minimum absolute atomic E-state index is 0.245. The fourth-order valence-corrected chi connectivity index (χ4v) is 1.93. The molecule has 78 valence electrons. The van der Waals surface area contributed by atoms with Crippen LogP contribution in [0.5, 0.6) is 0 Å². The molecule has 0 aliphatic heterocycles. The maximum Gasteiger partial charge on any atom is 0.248 e. The van der Waals surface area contributed by atoms with Gasteiger partial charge in [0.15, 0.2) is 0 Å². The van der Waals surface area contributed by atoms with Crippen LogP contribution in [0, 0.1) is 10.5 Å². The fourth-order valence-electron chi connectivity index (χ4n) is 1.23. The monoisotopic (exact) mass is 334 g/mol. The molecule has 1 aromatic carbocycles. The lowest BCUT2D eigenvalue weighted by molar-refractivity contribution is 0.527. The Balaban J connectivity index is 2.49. The minimum Gasteiger partial charge on any atom is -0.419 e. The summed E-state index contributed by atoms with van der Waals surface area (Å²) in [7, 11) is 0. The highest BCUT2D eigenvalue weighted by molar-refractivity contribution is 14.1. The fraction of sp³-hybridized carbons (Fsp3) is 0.200. The zero-order valence-electron chi connectivity index (χ0n) is 8.00. The molecule has 15 heavy (non-hydrogen) atoms. The van der Waals surface area contributed by atoms with Crippen LogP contribution in [0.3, 0.4) is 0 Å². The number of halogens is 2. The van der Waals surface area contributed by atoms with Crippen LogP contribution in [-0.4, -0.2) is 10.2 Å². The molecule has 0 radical (unpaired) electrons. The number of rotatable bonds is 2. The van der Waals surface area contributed by atoms with Gasteiger partial charge in [0.2, 0.25) is 11.8 Å². The average molecular weight is 335 g/mol. The highest BCUT2D eigenvalue weighted by Gasteiger charge is 2.11. The van der Waals surface area contributed by atoms with Gasteiger partial charge in [-0.05, 0) is 41.1 Å². The molecule has 2 aromatic rings. The highest BCUT2D eigenvalue weighted by Crippen LogP contribution is 2.26. The van der Waals surface area contributed by atoms with Gasteiger partial charge in [-0.1, -0.05) is 12.1 Å². The van der Waals surface area contributed by atoms with E-state index >= 15 is 0 Å². The first-order chi connectivity index (χ1) is 7.22. The lowest BCUT2D eigenvalue weighted by atomic mass is 10.1. The van der Waals surface area contributed by atoms with E-state index in [4.69, 9.17) is 16.0 Å². The molecule has 3 nitrogen and oxygen atoms in total. The van der Waals surface area contributed by atoms with Gasteiger partial charge < -0.3 is 4.42 Å². The number of aryl methyl sites for hydroxylation is 1. The molecule has 1 heterocycles. The van der Waals surface area contributed by atoms with Gasteiger partial charge in [-0.15, -0.1) is 21.8 Å². The minimum atomic E-state index is 0.245. The third kappa shape index (κ3) is 2.15. The van der Waals surface area contributed by atoms with Crippen LogP contribution in [0.15, 0.2) is 22.6 Å². The summed E-state index contributed by atoms with van der Waals surface area (Å²) >= 11 is 7.87. The van der Waals surface area contributed by atoms with Gasteiger partial charge in [0.1, 0.15) is 5.88 Å². The summed E-state index contributed by atoms with van der Waals surface area (Å²) in [6.45, 7) is 2.05. The van der Waals surface area contributed by atoms with Crippen LogP contribution >= 0.6 is 34.2 Å². The zero-order valence-corrected chi connectivity index (χ0v) is 10.9. The van der Waals surface area contributed by atoms with Crippen molar-refractivity contribution in [1.82, 2.24) is 10.2 Å². The first kappa shape index (κ1) is 10.9. The largest absolute Gasteiger partial charge is 0.419 e. The summed E-state index contributed by atoms with van der Waals surface area (Å²) < 4.78 is 6.52. The summed E-state index contributed by atoms with van der Waals surface area (Å²) in [6.07, 6.45) is 0. The molecule has 0 fully saturated rings. The third-order valence-corrected chi connectivity index (χ3v) is 3.66. The molecule has 5 heteroatoms. The van der Waals surface area contributed by atoms with Crippen molar-refractivity contribution < 1.29 is 4.42 Å². The maximum atomic E-state index is 5.60. The Morgan fingerprint density at radius 3 is 2.87 bits per heavy atom. The van der Waals surface area contributed by atoms with Gasteiger partial charge in [0.05, 0.1) is 5.56 Å². The quantitative estimate of drug-likeness (QED) is 0.624. The number of benzene rings is 1. The predicted octanol–water partition coefficient (Wildman–Crippen LogP) is 3.39. The van der Waals surface area contributed by atoms with Crippen LogP contribution in [0.1, 0.15) is 11.5 Å². The Hall–Kier alpha value is -0.620. The lowest BCUT2D eigenvalue weighted by Crippen LogP contribution is -1.86. The number of aromatic nitrogens is 2. The Bertz CT molecular complexity index is 484. The standard InChI is InChI=1S/C10H8ClIN2O/c1-6-3-2-4-7(9(6)12)10-14-13-8(5-11)15-10/h2-4H,5H2,1H3. The molecular weight excluding hydrogens is 326 g/mol. The molecule has 0 bridgehead atoms. The molecule has 0 unspecified atom stereocenters. The van der Waals surface area contributed by atoms with Crippen LogP contribution in [0.2, 0.25) is 0 Å². The van der Waals surface area contributed by atoms with Crippen molar-refractivity contribution in [1.29, 1.82) is 0 Å². The smallest absolute Gasteiger partial charge is 0.248 e. The Labute approximate surface area is 106 Å². The van der Waals surface area contributed by atoms with Gasteiger partial charge in [0.25, 0.3) is 0 Å². The molecule has 0 spiro atoms. The van der Waals surface area contributed by atoms with E-state index in [1.54, 1.807) is 0 Å². The second kappa shape index (κ2) is 4.49. The summed E-state index contributed by atoms with van der Waals surface area (Å²) in [4.78, 5) is 0. The second-order valence-corrected chi connectivity index (χ2v) is 4.42. The molecule has 0 saturated carbocycles. The zero-order chi connectivity index (χ0) is 10.8. The van der Waals surface area contributed by atoms with Crippen molar-refractivity contribution in [2.24, 2.45) is 0 Å². The van der Waals surface area contributed by atoms with Gasteiger partial charge in [-0.3, -0.25) is 0 Å². The van der Waals surface area contributed by atoms with E-state index in [0.717, 1.165) is 9.13 Å². The number of hydrogen-bond donors (Lipinski definition) is 0. The Morgan fingerprint density at radius 2 is 2.20 bits per heavy atom. The first-order valence-electron chi connectivity index (χ1n) is 4.36. The van der Waals surface area contributed by atoms with E-state index in [2.05, 4.69) is 32.8 Å². The Morgan fingerprint density at radius 1 is 1.40 bits per heavy atom. The van der Waals surface area contributed by atoms with E-state index < -0.39 is 0 Å². The summed E-state index contributed by atoms with van der Waals surface area (Å²) in [5.41, 5.74) is 2.15. The van der Waals surface area contributed by atoms with E-state index in [1.165, 1.54) is 5.56 Å².